The largest absolute Gasteiger partial charge is 0.444 e. The molecule has 0 bridgehead atoms. The molecule has 0 saturated carbocycles. The first-order valence-corrected chi connectivity index (χ1v) is 13.0. The van der Waals surface area contributed by atoms with Gasteiger partial charge in [0.05, 0.1) is 24.2 Å². The second-order valence-electron chi connectivity index (χ2n) is 9.06. The van der Waals surface area contributed by atoms with Gasteiger partial charge >= 0.3 is 6.09 Å². The Balaban J connectivity index is 1.74. The molecular weight excluding hydrogens is 502 g/mol. The molecule has 2 unspecified atom stereocenters. The van der Waals surface area contributed by atoms with Crippen LogP contribution in [0.1, 0.15) is 25.8 Å². The minimum absolute atomic E-state index is 0.0460. The first-order chi connectivity index (χ1) is 17.3. The number of benzene rings is 2. The van der Waals surface area contributed by atoms with Crippen molar-refractivity contribution in [1.82, 2.24) is 9.62 Å². The monoisotopic (exact) mass is 535 g/mol. The molecule has 1 saturated heterocycles. The van der Waals surface area contributed by atoms with Crippen LogP contribution < -0.4 is 5.32 Å². The number of nitrogens with zero attached hydrogens (tertiary/aromatic N) is 2. The Morgan fingerprint density at radius 1 is 1.22 bits per heavy atom. The fraction of sp³-hybridized carbons (Fsp3) is 0.480. The predicted octanol–water partition coefficient (Wildman–Crippen LogP) is 4.92. The van der Waals surface area contributed by atoms with E-state index in [1.54, 1.807) is 12.1 Å². The van der Waals surface area contributed by atoms with Crippen LogP contribution in [-0.2, 0) is 20.1 Å². The summed E-state index contributed by atoms with van der Waals surface area (Å²) < 4.78 is 18.6. The van der Waals surface area contributed by atoms with Crippen molar-refractivity contribution in [2.45, 2.75) is 49.8 Å². The van der Waals surface area contributed by atoms with Gasteiger partial charge in [-0.05, 0) is 54.9 Å². The van der Waals surface area contributed by atoms with E-state index >= 15 is 0 Å². The quantitative estimate of drug-likeness (QED) is 0.123. The van der Waals surface area contributed by atoms with Gasteiger partial charge in [0.15, 0.2) is 0 Å². The van der Waals surface area contributed by atoms with Gasteiger partial charge in [-0.15, -0.1) is 0 Å². The van der Waals surface area contributed by atoms with Crippen molar-refractivity contribution < 1.29 is 23.4 Å². The summed E-state index contributed by atoms with van der Waals surface area (Å²) in [5.41, 5.74) is 1.09. The number of alkyl carbamates (subject to hydrolysis) is 1. The lowest BCUT2D eigenvalue weighted by Gasteiger charge is -2.32. The summed E-state index contributed by atoms with van der Waals surface area (Å²) in [6.07, 6.45) is -0.0319. The molecule has 9 nitrogen and oxygen atoms in total. The van der Waals surface area contributed by atoms with E-state index in [1.807, 2.05) is 30.3 Å². The molecule has 3 rings (SSSR count). The van der Waals surface area contributed by atoms with Gasteiger partial charge in [0.2, 0.25) is 0 Å². The average Bonchev–Trinajstić information content (AvgIpc) is 3.35. The molecule has 1 heterocycles. The van der Waals surface area contributed by atoms with Crippen LogP contribution in [0.3, 0.4) is 0 Å². The Hall–Kier alpha value is -2.31. The van der Waals surface area contributed by atoms with Gasteiger partial charge in [-0.3, -0.25) is 10.1 Å². The maximum Gasteiger partial charge on any atom is 0.407 e. The number of thiol groups is 1. The van der Waals surface area contributed by atoms with Crippen LogP contribution in [0.4, 0.5) is 10.5 Å². The third-order valence-corrected chi connectivity index (χ3v) is 6.89. The SMILES string of the molecule is CC(C)CN(CC(OS)[C@H](Cc1ccccc1)NC(=O)OC1CCOC1)Sc1ccc([N+](=O)[O-])cc1. The van der Waals surface area contributed by atoms with Crippen LogP contribution in [0.15, 0.2) is 59.5 Å². The molecule has 0 radical (unpaired) electrons. The molecule has 1 aliphatic rings. The van der Waals surface area contributed by atoms with Gasteiger partial charge in [0, 0.05) is 36.5 Å². The number of nitro benzene ring substituents is 1. The molecule has 36 heavy (non-hydrogen) atoms. The lowest BCUT2D eigenvalue weighted by atomic mass is 10.0. The van der Waals surface area contributed by atoms with Crippen molar-refractivity contribution in [2.24, 2.45) is 5.92 Å². The summed E-state index contributed by atoms with van der Waals surface area (Å²) >= 11 is 5.65. The molecule has 2 aromatic carbocycles. The van der Waals surface area contributed by atoms with Gasteiger partial charge < -0.3 is 19.0 Å². The molecule has 1 amide bonds. The normalized spacial score (nSPS) is 17.2. The zero-order valence-electron chi connectivity index (χ0n) is 20.4. The van der Waals surface area contributed by atoms with Crippen molar-refractivity contribution >= 4 is 36.6 Å². The average molecular weight is 536 g/mol. The van der Waals surface area contributed by atoms with Crippen molar-refractivity contribution in [2.75, 3.05) is 26.3 Å². The number of hydrogen-bond donors (Lipinski definition) is 2. The molecule has 0 aromatic heterocycles. The van der Waals surface area contributed by atoms with E-state index in [0.717, 1.165) is 17.0 Å². The highest BCUT2D eigenvalue weighted by Crippen LogP contribution is 2.27. The van der Waals surface area contributed by atoms with Crippen LogP contribution in [0.5, 0.6) is 0 Å². The Bertz CT molecular complexity index is 958. The third kappa shape index (κ3) is 9.29. The van der Waals surface area contributed by atoms with E-state index in [-0.39, 0.29) is 11.8 Å². The lowest BCUT2D eigenvalue weighted by molar-refractivity contribution is -0.384. The first kappa shape index (κ1) is 28.3. The van der Waals surface area contributed by atoms with Gasteiger partial charge in [0.25, 0.3) is 5.69 Å². The second-order valence-corrected chi connectivity index (χ2v) is 10.4. The zero-order chi connectivity index (χ0) is 25.9. The first-order valence-electron chi connectivity index (χ1n) is 11.9. The molecule has 2 aromatic rings. The fourth-order valence-electron chi connectivity index (χ4n) is 3.85. The van der Waals surface area contributed by atoms with Crippen LogP contribution in [0.25, 0.3) is 0 Å². The summed E-state index contributed by atoms with van der Waals surface area (Å²) in [5, 5.41) is 14.0. The van der Waals surface area contributed by atoms with Crippen LogP contribution >= 0.6 is 24.9 Å². The van der Waals surface area contributed by atoms with E-state index in [1.165, 1.54) is 24.1 Å². The smallest absolute Gasteiger partial charge is 0.407 e. The van der Waals surface area contributed by atoms with Crippen molar-refractivity contribution in [1.29, 1.82) is 0 Å². The number of carbonyl (C=O) groups is 1. The number of nitro groups is 1. The van der Waals surface area contributed by atoms with Gasteiger partial charge in [-0.2, -0.15) is 0 Å². The van der Waals surface area contributed by atoms with Gasteiger partial charge in [0.1, 0.15) is 12.2 Å². The maximum absolute atomic E-state index is 12.7. The topological polar surface area (TPSA) is 103 Å². The van der Waals surface area contributed by atoms with E-state index in [9.17, 15) is 14.9 Å². The Kier molecular flexibility index (Phi) is 11.3. The number of nitrogens with one attached hydrogen (secondary N) is 1. The van der Waals surface area contributed by atoms with Crippen molar-refractivity contribution in [3.8, 4) is 0 Å². The fourth-order valence-corrected chi connectivity index (χ4v) is 5.22. The van der Waals surface area contributed by atoms with E-state index < -0.39 is 23.2 Å². The summed E-state index contributed by atoms with van der Waals surface area (Å²) in [6, 6.07) is 15.9. The predicted molar refractivity (Wildman–Crippen MR) is 142 cm³/mol. The number of non-ortho nitro benzene ring substituents is 1. The number of amides is 1. The molecule has 1 fully saturated rings. The third-order valence-electron chi connectivity index (χ3n) is 5.58. The highest BCUT2D eigenvalue weighted by atomic mass is 32.2. The van der Waals surface area contributed by atoms with Crippen LogP contribution in [0, 0.1) is 16.0 Å². The number of hydrogen-bond acceptors (Lipinski definition) is 9. The highest BCUT2D eigenvalue weighted by molar-refractivity contribution is 7.97. The molecule has 196 valence electrons. The minimum atomic E-state index is -0.514. The van der Waals surface area contributed by atoms with Crippen molar-refractivity contribution in [3.05, 3.63) is 70.3 Å². The second kappa shape index (κ2) is 14.4. The summed E-state index contributed by atoms with van der Waals surface area (Å²) in [6.45, 7) is 6.39. The van der Waals surface area contributed by atoms with E-state index in [4.69, 9.17) is 13.7 Å². The molecule has 1 N–H and O–H groups in total. The van der Waals surface area contributed by atoms with E-state index in [2.05, 4.69) is 36.4 Å². The molecule has 11 heteroatoms. The summed E-state index contributed by atoms with van der Waals surface area (Å²) in [7, 11) is 0. The van der Waals surface area contributed by atoms with Crippen LogP contribution in [-0.4, -0.2) is 59.9 Å². The van der Waals surface area contributed by atoms with Crippen LogP contribution in [0.2, 0.25) is 0 Å². The van der Waals surface area contributed by atoms with Gasteiger partial charge in [-0.25, -0.2) is 9.10 Å². The molecule has 3 atom stereocenters. The minimum Gasteiger partial charge on any atom is -0.444 e. The standard InChI is InChI=1S/C25H33N3O6S2/c1-18(2)15-27(36-22-10-8-20(9-11-22)28(30)31)16-24(34-35)23(14-19-6-4-3-5-7-19)26-25(29)33-21-12-13-32-17-21/h3-11,18,21,23-24,35H,12-17H2,1-2H3,(H,26,29)/t21?,23-,24?/m0/s1. The number of ether oxygens (including phenoxy) is 2. The van der Waals surface area contributed by atoms with Crippen molar-refractivity contribution in [3.63, 3.8) is 0 Å². The number of carbonyl (C=O) groups excluding carboxylic acids is 1. The number of rotatable bonds is 13. The maximum atomic E-state index is 12.7. The lowest BCUT2D eigenvalue weighted by Crippen LogP contribution is -2.50. The highest BCUT2D eigenvalue weighted by Gasteiger charge is 2.29. The molecule has 1 aliphatic heterocycles. The molecular formula is C25H33N3O6S2. The van der Waals surface area contributed by atoms with Gasteiger partial charge in [-0.1, -0.05) is 44.2 Å². The zero-order valence-corrected chi connectivity index (χ0v) is 22.2. The summed E-state index contributed by atoms with van der Waals surface area (Å²) in [4.78, 5) is 24.2. The Labute approximate surface area is 221 Å². The Morgan fingerprint density at radius 2 is 1.94 bits per heavy atom. The summed E-state index contributed by atoms with van der Waals surface area (Å²) in [5.74, 6) is 0.351. The Morgan fingerprint density at radius 3 is 2.53 bits per heavy atom. The molecule has 0 aliphatic carbocycles. The molecule has 0 spiro atoms. The van der Waals surface area contributed by atoms with E-state index in [0.29, 0.717) is 38.5 Å².